The molecule has 0 saturated carbocycles. The number of carbonyl (C=O) groups excluding carboxylic acids is 1. The van der Waals surface area contributed by atoms with Gasteiger partial charge in [-0.15, -0.1) is 11.3 Å². The average Bonchev–Trinajstić information content (AvgIpc) is 3.34. The molecule has 0 bridgehead atoms. The predicted octanol–water partition coefficient (Wildman–Crippen LogP) is 5.74. The van der Waals surface area contributed by atoms with Gasteiger partial charge in [0.1, 0.15) is 34.6 Å². The highest BCUT2D eigenvalue weighted by atomic mass is 35.5. The van der Waals surface area contributed by atoms with Crippen LogP contribution in [0.25, 0.3) is 31.8 Å². The number of amides is 1. The molecule has 3 aromatic heterocycles. The Balaban J connectivity index is 1.33. The van der Waals surface area contributed by atoms with Gasteiger partial charge in [-0.05, 0) is 31.5 Å². The summed E-state index contributed by atoms with van der Waals surface area (Å²) >= 11 is 7.64. The van der Waals surface area contributed by atoms with Crippen molar-refractivity contribution in [2.75, 3.05) is 25.6 Å². The fraction of sp³-hybridized carbons (Fsp3) is 0.200. The Bertz CT molecular complexity index is 1660. The Morgan fingerprint density at radius 1 is 1.05 bits per heavy atom. The Morgan fingerprint density at radius 3 is 2.61 bits per heavy atom. The standard InChI is InChI=1S/C25H20ClFN6O4S/c1-12-6-15(22-16(7-12)32-19(35-3)11-30-22)24-33-23-18(38-24)8-17(21(27)20(23)26)36-4-5-37-25(34)31-14-9-28-13(2)29-10-14/h6-11H,4-5H2,1-3H3,(H,31,34). The van der Waals surface area contributed by atoms with Crippen LogP contribution in [0.4, 0.5) is 14.9 Å². The van der Waals surface area contributed by atoms with Gasteiger partial charge < -0.3 is 14.2 Å². The normalized spacial score (nSPS) is 11.1. The van der Waals surface area contributed by atoms with E-state index in [9.17, 15) is 9.18 Å². The molecule has 0 spiro atoms. The van der Waals surface area contributed by atoms with Crippen molar-refractivity contribution in [1.82, 2.24) is 24.9 Å². The number of halogens is 2. The van der Waals surface area contributed by atoms with Crippen LogP contribution in [-0.2, 0) is 4.74 Å². The summed E-state index contributed by atoms with van der Waals surface area (Å²) in [6.07, 6.45) is 3.73. The van der Waals surface area contributed by atoms with Crippen molar-refractivity contribution in [1.29, 1.82) is 0 Å². The van der Waals surface area contributed by atoms with Gasteiger partial charge in [-0.3, -0.25) is 5.32 Å². The molecule has 0 atom stereocenters. The molecule has 1 amide bonds. The van der Waals surface area contributed by atoms with E-state index in [1.807, 2.05) is 19.1 Å². The number of aromatic nitrogens is 5. The van der Waals surface area contributed by atoms with E-state index in [1.54, 1.807) is 6.92 Å². The maximum Gasteiger partial charge on any atom is 0.411 e. The van der Waals surface area contributed by atoms with Crippen molar-refractivity contribution in [3.8, 4) is 22.2 Å². The molecule has 2 aromatic carbocycles. The molecule has 0 aliphatic carbocycles. The smallest absolute Gasteiger partial charge is 0.411 e. The van der Waals surface area contributed by atoms with Crippen LogP contribution in [-0.4, -0.2) is 51.3 Å². The molecule has 10 nitrogen and oxygen atoms in total. The van der Waals surface area contributed by atoms with Gasteiger partial charge in [0.25, 0.3) is 0 Å². The van der Waals surface area contributed by atoms with Gasteiger partial charge in [0.2, 0.25) is 5.88 Å². The lowest BCUT2D eigenvalue weighted by Crippen LogP contribution is -2.18. The zero-order chi connectivity index (χ0) is 26.8. The fourth-order valence-corrected chi connectivity index (χ4v) is 4.92. The van der Waals surface area contributed by atoms with Crippen molar-refractivity contribution in [2.45, 2.75) is 13.8 Å². The number of anilines is 1. The second-order valence-electron chi connectivity index (χ2n) is 8.09. The molecule has 0 saturated heterocycles. The number of benzene rings is 2. The number of nitrogens with zero attached hydrogens (tertiary/aromatic N) is 5. The number of nitrogens with one attached hydrogen (secondary N) is 1. The van der Waals surface area contributed by atoms with E-state index in [0.29, 0.717) is 43.6 Å². The number of carbonyl (C=O) groups is 1. The fourth-order valence-electron chi connectivity index (χ4n) is 3.61. The number of thiazole rings is 1. The highest BCUT2D eigenvalue weighted by Gasteiger charge is 2.20. The molecule has 0 radical (unpaired) electrons. The van der Waals surface area contributed by atoms with Gasteiger partial charge in [0.05, 0.1) is 47.1 Å². The van der Waals surface area contributed by atoms with Crippen LogP contribution in [0.3, 0.4) is 0 Å². The Hall–Kier alpha value is -4.16. The molecule has 0 unspecified atom stereocenters. The van der Waals surface area contributed by atoms with Gasteiger partial charge in [-0.1, -0.05) is 11.6 Å². The van der Waals surface area contributed by atoms with E-state index in [-0.39, 0.29) is 24.0 Å². The second kappa shape index (κ2) is 10.7. The Morgan fingerprint density at radius 2 is 1.84 bits per heavy atom. The van der Waals surface area contributed by atoms with Gasteiger partial charge in [-0.2, -0.15) is 0 Å². The van der Waals surface area contributed by atoms with E-state index in [0.717, 1.165) is 11.1 Å². The maximum absolute atomic E-state index is 15.0. The molecule has 5 rings (SSSR count). The molecule has 3 heterocycles. The van der Waals surface area contributed by atoms with Gasteiger partial charge in [0.15, 0.2) is 11.6 Å². The molecular formula is C25H20ClFN6O4S. The highest BCUT2D eigenvalue weighted by Crippen LogP contribution is 2.40. The minimum absolute atomic E-state index is 0.0766. The molecule has 5 aromatic rings. The maximum atomic E-state index is 15.0. The summed E-state index contributed by atoms with van der Waals surface area (Å²) in [6, 6.07) is 5.36. The number of rotatable bonds is 7. The summed E-state index contributed by atoms with van der Waals surface area (Å²) in [7, 11) is 1.53. The minimum atomic E-state index is -0.754. The number of ether oxygens (including phenoxy) is 3. The van der Waals surface area contributed by atoms with Crippen molar-refractivity contribution >= 4 is 56.0 Å². The topological polar surface area (TPSA) is 121 Å². The first-order valence-electron chi connectivity index (χ1n) is 11.3. The Kier molecular flexibility index (Phi) is 7.16. The summed E-state index contributed by atoms with van der Waals surface area (Å²) in [5.74, 6) is 0.142. The van der Waals surface area contributed by atoms with E-state index in [4.69, 9.17) is 25.8 Å². The van der Waals surface area contributed by atoms with Crippen LogP contribution < -0.4 is 14.8 Å². The van der Waals surface area contributed by atoms with Crippen LogP contribution in [0.15, 0.2) is 36.8 Å². The lowest BCUT2D eigenvalue weighted by Gasteiger charge is -2.10. The molecule has 38 heavy (non-hydrogen) atoms. The third kappa shape index (κ3) is 5.27. The van der Waals surface area contributed by atoms with Crippen LogP contribution >= 0.6 is 22.9 Å². The van der Waals surface area contributed by atoms with Crippen molar-refractivity contribution in [3.63, 3.8) is 0 Å². The Labute approximate surface area is 224 Å². The van der Waals surface area contributed by atoms with Crippen LogP contribution in [0.1, 0.15) is 11.4 Å². The van der Waals surface area contributed by atoms with Gasteiger partial charge >= 0.3 is 6.09 Å². The first-order valence-corrected chi connectivity index (χ1v) is 12.5. The lowest BCUT2D eigenvalue weighted by atomic mass is 10.1. The van der Waals surface area contributed by atoms with Crippen LogP contribution in [0.5, 0.6) is 11.6 Å². The van der Waals surface area contributed by atoms with E-state index < -0.39 is 11.9 Å². The zero-order valence-electron chi connectivity index (χ0n) is 20.4. The predicted molar refractivity (Wildman–Crippen MR) is 142 cm³/mol. The number of aryl methyl sites for hydroxylation is 2. The highest BCUT2D eigenvalue weighted by molar-refractivity contribution is 7.21. The first kappa shape index (κ1) is 25.5. The van der Waals surface area contributed by atoms with Gasteiger partial charge in [-0.25, -0.2) is 34.1 Å². The minimum Gasteiger partial charge on any atom is -0.487 e. The van der Waals surface area contributed by atoms with E-state index >= 15 is 0 Å². The number of methoxy groups -OCH3 is 1. The second-order valence-corrected chi connectivity index (χ2v) is 9.50. The summed E-state index contributed by atoms with van der Waals surface area (Å²) in [4.78, 5) is 33.4. The van der Waals surface area contributed by atoms with Crippen LogP contribution in [0.2, 0.25) is 5.02 Å². The average molecular weight is 555 g/mol. The molecule has 1 N–H and O–H groups in total. The van der Waals surface area contributed by atoms with Gasteiger partial charge in [0, 0.05) is 11.6 Å². The number of fused-ring (bicyclic) bond motifs is 2. The van der Waals surface area contributed by atoms with Crippen molar-refractivity contribution in [3.05, 3.63) is 59.0 Å². The molecular weight excluding hydrogens is 535 g/mol. The van der Waals surface area contributed by atoms with E-state index in [1.165, 1.54) is 43.1 Å². The molecule has 194 valence electrons. The third-order valence-electron chi connectivity index (χ3n) is 5.34. The summed E-state index contributed by atoms with van der Waals surface area (Å²) in [5, 5.41) is 2.93. The monoisotopic (exact) mass is 554 g/mol. The molecule has 0 aliphatic heterocycles. The summed E-state index contributed by atoms with van der Waals surface area (Å²) in [5.41, 5.74) is 3.68. The molecule has 0 aliphatic rings. The number of hydrogen-bond donors (Lipinski definition) is 1. The quantitative estimate of drug-likeness (QED) is 0.251. The SMILES string of the molecule is COc1cnc2c(-c3nc4c(Cl)c(F)c(OCCOC(=O)Nc5cnc(C)nc5)cc4s3)cc(C)cc2n1. The van der Waals surface area contributed by atoms with Crippen LogP contribution in [0, 0.1) is 19.7 Å². The lowest BCUT2D eigenvalue weighted by molar-refractivity contribution is 0.136. The number of hydrogen-bond acceptors (Lipinski definition) is 10. The third-order valence-corrected chi connectivity index (χ3v) is 6.72. The summed E-state index contributed by atoms with van der Waals surface area (Å²) < 4.78 is 31.4. The molecule has 0 fully saturated rings. The van der Waals surface area contributed by atoms with E-state index in [2.05, 4.69) is 30.2 Å². The first-order chi connectivity index (χ1) is 18.3. The summed E-state index contributed by atoms with van der Waals surface area (Å²) in [6.45, 7) is 3.44. The largest absolute Gasteiger partial charge is 0.487 e. The van der Waals surface area contributed by atoms with Crippen molar-refractivity contribution in [2.24, 2.45) is 0 Å². The van der Waals surface area contributed by atoms with Crippen molar-refractivity contribution < 1.29 is 23.4 Å². The zero-order valence-corrected chi connectivity index (χ0v) is 22.0. The molecule has 13 heteroatoms.